The second-order valence-electron chi connectivity index (χ2n) is 3.52. The maximum Gasteiger partial charge on any atom is 0.183 e. The normalized spacial score (nSPS) is 10.3. The molecule has 2 aromatic rings. The Hall–Kier alpha value is -1.75. The van der Waals surface area contributed by atoms with Crippen molar-refractivity contribution in [1.82, 2.24) is 4.98 Å². The van der Waals surface area contributed by atoms with Gasteiger partial charge in [-0.2, -0.15) is 0 Å². The average Bonchev–Trinajstić information content (AvgIpc) is 2.66. The number of hydrogen-bond acceptors (Lipinski definition) is 5. The number of aromatic nitrogens is 1. The number of benzene rings is 1. The summed E-state index contributed by atoms with van der Waals surface area (Å²) in [7, 11) is 0. The van der Waals surface area contributed by atoms with Crippen LogP contribution in [-0.4, -0.2) is 10.1 Å². The van der Waals surface area contributed by atoms with Crippen molar-refractivity contribution < 1.29 is 5.11 Å². The Kier molecular flexibility index (Phi) is 2.96. The molecule has 0 unspecified atom stereocenters. The van der Waals surface area contributed by atoms with Gasteiger partial charge in [-0.1, -0.05) is 6.07 Å². The van der Waals surface area contributed by atoms with Gasteiger partial charge in [-0.05, 0) is 24.6 Å². The highest BCUT2D eigenvalue weighted by Gasteiger charge is 2.01. The van der Waals surface area contributed by atoms with Crippen LogP contribution in [0.25, 0.3) is 0 Å². The lowest BCUT2D eigenvalue weighted by atomic mass is 10.2. The van der Waals surface area contributed by atoms with E-state index in [2.05, 4.69) is 10.3 Å². The second kappa shape index (κ2) is 4.40. The van der Waals surface area contributed by atoms with E-state index in [0.29, 0.717) is 12.2 Å². The molecule has 0 aliphatic rings. The number of phenolic OH excluding ortho intramolecular Hbond substituents is 1. The van der Waals surface area contributed by atoms with Crippen LogP contribution in [0.5, 0.6) is 5.75 Å². The van der Waals surface area contributed by atoms with Crippen LogP contribution >= 0.6 is 11.3 Å². The van der Waals surface area contributed by atoms with Gasteiger partial charge in [0.1, 0.15) is 5.75 Å². The number of anilines is 2. The topological polar surface area (TPSA) is 71.2 Å². The number of phenols is 1. The quantitative estimate of drug-likeness (QED) is 0.564. The minimum absolute atomic E-state index is 0.120. The lowest BCUT2D eigenvalue weighted by Gasteiger charge is -2.04. The van der Waals surface area contributed by atoms with Gasteiger partial charge in [0.15, 0.2) is 5.13 Å². The number of rotatable bonds is 3. The monoisotopic (exact) mass is 235 g/mol. The van der Waals surface area contributed by atoms with Crippen LogP contribution in [0.15, 0.2) is 24.4 Å². The highest BCUT2D eigenvalue weighted by Crippen LogP contribution is 2.22. The van der Waals surface area contributed by atoms with Gasteiger partial charge in [0.05, 0.1) is 5.69 Å². The lowest BCUT2D eigenvalue weighted by Crippen LogP contribution is -1.99. The van der Waals surface area contributed by atoms with Crippen molar-refractivity contribution in [2.45, 2.75) is 13.5 Å². The highest BCUT2D eigenvalue weighted by molar-refractivity contribution is 7.15. The molecule has 0 radical (unpaired) electrons. The minimum atomic E-state index is 0.120. The van der Waals surface area contributed by atoms with Crippen LogP contribution in [0.2, 0.25) is 0 Å². The van der Waals surface area contributed by atoms with Gasteiger partial charge < -0.3 is 16.2 Å². The number of nitrogen functional groups attached to an aromatic ring is 1. The van der Waals surface area contributed by atoms with E-state index in [9.17, 15) is 5.11 Å². The summed E-state index contributed by atoms with van der Waals surface area (Å²) in [5, 5.41) is 13.5. The molecule has 0 atom stereocenters. The summed E-state index contributed by atoms with van der Waals surface area (Å²) in [6, 6.07) is 5.23. The number of hydrogen-bond donors (Lipinski definition) is 3. The van der Waals surface area contributed by atoms with Gasteiger partial charge in [0.25, 0.3) is 0 Å². The minimum Gasteiger partial charge on any atom is -0.506 e. The van der Waals surface area contributed by atoms with Gasteiger partial charge in [0, 0.05) is 17.6 Å². The van der Waals surface area contributed by atoms with E-state index >= 15 is 0 Å². The number of nitrogens with one attached hydrogen (secondary N) is 1. The summed E-state index contributed by atoms with van der Waals surface area (Å²) in [6.07, 6.45) is 1.83. The molecule has 84 valence electrons. The van der Waals surface area contributed by atoms with Crippen molar-refractivity contribution in [2.75, 3.05) is 11.1 Å². The first-order chi connectivity index (χ1) is 7.65. The Morgan fingerprint density at radius 2 is 2.31 bits per heavy atom. The highest BCUT2D eigenvalue weighted by atomic mass is 32.1. The summed E-state index contributed by atoms with van der Waals surface area (Å²) in [5.41, 5.74) is 6.89. The molecule has 1 aromatic heterocycles. The van der Waals surface area contributed by atoms with Gasteiger partial charge >= 0.3 is 0 Å². The van der Waals surface area contributed by atoms with E-state index in [1.165, 1.54) is 4.88 Å². The van der Waals surface area contributed by atoms with Crippen molar-refractivity contribution in [3.05, 3.63) is 34.8 Å². The molecule has 0 aliphatic heterocycles. The predicted molar refractivity (Wildman–Crippen MR) is 66.7 cm³/mol. The van der Waals surface area contributed by atoms with E-state index in [1.807, 2.05) is 19.2 Å². The van der Waals surface area contributed by atoms with Crippen LogP contribution < -0.4 is 11.1 Å². The zero-order valence-corrected chi connectivity index (χ0v) is 9.71. The van der Waals surface area contributed by atoms with Gasteiger partial charge in [-0.25, -0.2) is 4.98 Å². The molecule has 1 aromatic carbocycles. The first-order valence-corrected chi connectivity index (χ1v) is 5.70. The molecule has 0 amide bonds. The number of nitrogens with zero attached hydrogens (tertiary/aromatic N) is 1. The molecule has 0 fully saturated rings. The largest absolute Gasteiger partial charge is 0.506 e. The molecular formula is C11H13N3OS. The van der Waals surface area contributed by atoms with Crippen molar-refractivity contribution in [1.29, 1.82) is 0 Å². The maximum atomic E-state index is 9.44. The molecule has 4 nitrogen and oxygen atoms in total. The fraction of sp³-hybridized carbons (Fsp3) is 0.182. The molecule has 2 rings (SSSR count). The average molecular weight is 235 g/mol. The zero-order valence-electron chi connectivity index (χ0n) is 8.90. The number of nitrogens with two attached hydrogens (primary N) is 1. The van der Waals surface area contributed by atoms with Crippen LogP contribution in [0, 0.1) is 6.92 Å². The Balaban J connectivity index is 2.02. The molecule has 0 bridgehead atoms. The molecule has 1 heterocycles. The molecule has 5 heteroatoms. The van der Waals surface area contributed by atoms with Crippen LogP contribution in [-0.2, 0) is 6.54 Å². The summed E-state index contributed by atoms with van der Waals surface area (Å²) in [4.78, 5) is 5.36. The molecular weight excluding hydrogens is 222 g/mol. The predicted octanol–water partition coefficient (Wildman–Crippen LogP) is 2.35. The van der Waals surface area contributed by atoms with Crippen molar-refractivity contribution in [3.8, 4) is 5.75 Å². The van der Waals surface area contributed by atoms with Gasteiger partial charge in [-0.15, -0.1) is 11.3 Å². The van der Waals surface area contributed by atoms with Crippen molar-refractivity contribution in [3.63, 3.8) is 0 Å². The zero-order chi connectivity index (χ0) is 11.5. The SMILES string of the molecule is Cc1cnc(NCc2ccc(N)c(O)c2)s1. The van der Waals surface area contributed by atoms with Crippen LogP contribution in [0.1, 0.15) is 10.4 Å². The Bertz CT molecular complexity index is 496. The van der Waals surface area contributed by atoms with Gasteiger partial charge in [-0.3, -0.25) is 0 Å². The standard InChI is InChI=1S/C11H13N3OS/c1-7-5-13-11(16-7)14-6-8-2-3-9(12)10(15)4-8/h2-5,15H,6,12H2,1H3,(H,13,14). The van der Waals surface area contributed by atoms with Gasteiger partial charge in [0.2, 0.25) is 0 Å². The Labute approximate surface area is 97.8 Å². The summed E-state index contributed by atoms with van der Waals surface area (Å²) in [5.74, 6) is 0.120. The number of thiazole rings is 1. The van der Waals surface area contributed by atoms with E-state index < -0.39 is 0 Å². The molecule has 0 spiro atoms. The number of aryl methyl sites for hydroxylation is 1. The van der Waals surface area contributed by atoms with E-state index in [1.54, 1.807) is 23.5 Å². The maximum absolute atomic E-state index is 9.44. The second-order valence-corrected chi connectivity index (χ2v) is 4.76. The molecule has 16 heavy (non-hydrogen) atoms. The van der Waals surface area contributed by atoms with Crippen LogP contribution in [0.3, 0.4) is 0 Å². The smallest absolute Gasteiger partial charge is 0.183 e. The fourth-order valence-corrected chi connectivity index (χ4v) is 1.97. The summed E-state index contributed by atoms with van der Waals surface area (Å²) < 4.78 is 0. The van der Waals surface area contributed by atoms with E-state index in [0.717, 1.165) is 10.7 Å². The first-order valence-electron chi connectivity index (χ1n) is 4.89. The molecule has 0 saturated carbocycles. The third-order valence-electron chi connectivity index (χ3n) is 2.16. The molecule has 0 saturated heterocycles. The fourth-order valence-electron chi connectivity index (χ4n) is 1.31. The number of aromatic hydroxyl groups is 1. The first kappa shape index (κ1) is 10.8. The van der Waals surface area contributed by atoms with Crippen LogP contribution in [0.4, 0.5) is 10.8 Å². The Morgan fingerprint density at radius 1 is 1.50 bits per heavy atom. The van der Waals surface area contributed by atoms with Crippen molar-refractivity contribution >= 4 is 22.2 Å². The van der Waals surface area contributed by atoms with E-state index in [-0.39, 0.29) is 5.75 Å². The Morgan fingerprint density at radius 3 is 2.94 bits per heavy atom. The third kappa shape index (κ3) is 2.43. The third-order valence-corrected chi connectivity index (χ3v) is 3.03. The summed E-state index contributed by atoms with van der Waals surface area (Å²) >= 11 is 1.60. The van der Waals surface area contributed by atoms with Crippen molar-refractivity contribution in [2.24, 2.45) is 0 Å². The lowest BCUT2D eigenvalue weighted by molar-refractivity contribution is 0.477. The molecule has 4 N–H and O–H groups in total. The molecule has 0 aliphatic carbocycles. The summed E-state index contributed by atoms with van der Waals surface area (Å²) in [6.45, 7) is 2.64. The van der Waals surface area contributed by atoms with E-state index in [4.69, 9.17) is 5.73 Å².